The third kappa shape index (κ3) is 4.34. The number of nitrogens with zero attached hydrogens (tertiary/aromatic N) is 3. The van der Waals surface area contributed by atoms with Crippen LogP contribution in [0.5, 0.6) is 5.88 Å². The van der Waals surface area contributed by atoms with E-state index in [4.69, 9.17) is 4.74 Å². The third-order valence-corrected chi connectivity index (χ3v) is 5.48. The zero-order valence-corrected chi connectivity index (χ0v) is 17.7. The normalized spacial score (nSPS) is 18.6. The van der Waals surface area contributed by atoms with E-state index in [1.165, 1.54) is 7.11 Å². The molecule has 2 N–H and O–H groups in total. The van der Waals surface area contributed by atoms with Gasteiger partial charge in [-0.2, -0.15) is 0 Å². The number of carbonyl (C=O) groups excluding carboxylic acids is 1. The van der Waals surface area contributed by atoms with E-state index in [2.05, 4.69) is 20.3 Å². The van der Waals surface area contributed by atoms with Gasteiger partial charge in [0.25, 0.3) is 0 Å². The molecule has 31 heavy (non-hydrogen) atoms. The van der Waals surface area contributed by atoms with Crippen molar-refractivity contribution in [2.45, 2.75) is 45.4 Å². The number of alkyl halides is 1. The predicted octanol–water partition coefficient (Wildman–Crippen LogP) is 4.14. The summed E-state index contributed by atoms with van der Waals surface area (Å²) in [5.74, 6) is -0.216. The highest BCUT2D eigenvalue weighted by atomic mass is 19.1. The molecule has 1 aliphatic carbocycles. The number of aryl methyl sites for hydroxylation is 1. The molecule has 1 amide bonds. The Hall–Kier alpha value is -3.13. The van der Waals surface area contributed by atoms with Gasteiger partial charge in [0.15, 0.2) is 0 Å². The van der Waals surface area contributed by atoms with Crippen LogP contribution in [0.25, 0.3) is 22.0 Å². The number of rotatable bonds is 7. The first-order valence-electron chi connectivity index (χ1n) is 10.4. The highest BCUT2D eigenvalue weighted by Gasteiger charge is 2.43. The summed E-state index contributed by atoms with van der Waals surface area (Å²) in [6.45, 7) is 3.97. The smallest absolute Gasteiger partial charge is 0.231 e. The summed E-state index contributed by atoms with van der Waals surface area (Å²) in [4.78, 5) is 25.3. The lowest BCUT2D eigenvalue weighted by Crippen LogP contribution is -2.15. The topological polar surface area (TPSA) is 97.2 Å². The number of aliphatic hydroxyl groups excluding tert-OH is 1. The molecular formula is C23H25FN4O3. The van der Waals surface area contributed by atoms with Gasteiger partial charge in [0.2, 0.25) is 11.8 Å². The molecule has 1 saturated carbocycles. The summed E-state index contributed by atoms with van der Waals surface area (Å²) in [7, 11) is 1.54. The van der Waals surface area contributed by atoms with E-state index < -0.39 is 18.2 Å². The first-order valence-corrected chi connectivity index (χ1v) is 10.4. The van der Waals surface area contributed by atoms with Gasteiger partial charge >= 0.3 is 0 Å². The Morgan fingerprint density at radius 2 is 2.06 bits per heavy atom. The Labute approximate surface area is 179 Å². The van der Waals surface area contributed by atoms with E-state index >= 15 is 0 Å². The van der Waals surface area contributed by atoms with E-state index in [-0.39, 0.29) is 12.3 Å². The summed E-state index contributed by atoms with van der Waals surface area (Å²) < 4.78 is 18.6. The van der Waals surface area contributed by atoms with Crippen LogP contribution in [0, 0.1) is 12.8 Å². The molecule has 0 aromatic carbocycles. The second-order valence-electron chi connectivity index (χ2n) is 7.88. The summed E-state index contributed by atoms with van der Waals surface area (Å²) in [5, 5.41) is 13.6. The minimum atomic E-state index is -1.06. The number of amides is 1. The van der Waals surface area contributed by atoms with Crippen molar-refractivity contribution in [3.05, 3.63) is 41.9 Å². The second-order valence-corrected chi connectivity index (χ2v) is 7.88. The highest BCUT2D eigenvalue weighted by Crippen LogP contribution is 2.36. The largest absolute Gasteiger partial charge is 0.481 e. The lowest BCUT2D eigenvalue weighted by molar-refractivity contribution is -0.117. The van der Waals surface area contributed by atoms with Gasteiger partial charge < -0.3 is 15.2 Å². The number of fused-ring (bicyclic) bond motifs is 1. The van der Waals surface area contributed by atoms with Crippen molar-refractivity contribution < 1.29 is 19.0 Å². The van der Waals surface area contributed by atoms with Crippen molar-refractivity contribution in [3.63, 3.8) is 0 Å². The molecule has 1 aliphatic rings. The molecular weight excluding hydrogens is 399 g/mol. The molecule has 3 heterocycles. The van der Waals surface area contributed by atoms with E-state index in [0.29, 0.717) is 29.3 Å². The van der Waals surface area contributed by atoms with Crippen molar-refractivity contribution in [3.8, 4) is 17.0 Å². The Morgan fingerprint density at radius 1 is 1.29 bits per heavy atom. The van der Waals surface area contributed by atoms with Crippen LogP contribution in [0.3, 0.4) is 0 Å². The molecule has 3 aromatic rings. The third-order valence-electron chi connectivity index (χ3n) is 5.48. The minimum absolute atomic E-state index is 0.260. The number of nitrogens with one attached hydrogen (secondary N) is 1. The summed E-state index contributed by atoms with van der Waals surface area (Å²) in [6.07, 6.45) is 3.47. The maximum absolute atomic E-state index is 13.1. The molecule has 0 aliphatic heterocycles. The van der Waals surface area contributed by atoms with Crippen LogP contribution in [0.15, 0.2) is 30.6 Å². The van der Waals surface area contributed by atoms with E-state index in [0.717, 1.165) is 28.5 Å². The molecule has 3 atom stereocenters. The lowest BCUT2D eigenvalue weighted by Gasteiger charge is -2.14. The van der Waals surface area contributed by atoms with Crippen LogP contribution in [0.4, 0.5) is 10.2 Å². The number of hydrogen-bond donors (Lipinski definition) is 2. The van der Waals surface area contributed by atoms with Crippen molar-refractivity contribution >= 4 is 22.6 Å². The SMILES string of the molecule is CCCC(O)c1cc(C)c(-c2cc3cnc(NC(=O)[C@H]4C[C@H]4F)cc3nc2OC)cn1. The van der Waals surface area contributed by atoms with Crippen LogP contribution >= 0.6 is 0 Å². The van der Waals surface area contributed by atoms with E-state index in [1.807, 2.05) is 26.0 Å². The van der Waals surface area contributed by atoms with Crippen LogP contribution in [-0.4, -0.2) is 39.2 Å². The van der Waals surface area contributed by atoms with Crippen LogP contribution in [-0.2, 0) is 4.79 Å². The van der Waals surface area contributed by atoms with E-state index in [1.54, 1.807) is 18.5 Å². The number of aliphatic hydroxyl groups is 1. The van der Waals surface area contributed by atoms with Gasteiger partial charge in [0.1, 0.15) is 12.0 Å². The van der Waals surface area contributed by atoms with Gasteiger partial charge in [-0.05, 0) is 37.5 Å². The molecule has 162 valence electrons. The van der Waals surface area contributed by atoms with Gasteiger partial charge in [0.05, 0.1) is 30.3 Å². The highest BCUT2D eigenvalue weighted by molar-refractivity contribution is 5.96. The zero-order chi connectivity index (χ0) is 22.1. The fourth-order valence-corrected chi connectivity index (χ4v) is 3.58. The fraction of sp³-hybridized carbons (Fsp3) is 0.391. The molecule has 0 saturated heterocycles. The Morgan fingerprint density at radius 3 is 2.71 bits per heavy atom. The average Bonchev–Trinajstić information content (AvgIpc) is 3.49. The molecule has 3 aromatic heterocycles. The Kier molecular flexibility index (Phi) is 5.82. The quantitative estimate of drug-likeness (QED) is 0.592. The first kappa shape index (κ1) is 21.1. The predicted molar refractivity (Wildman–Crippen MR) is 116 cm³/mol. The molecule has 1 fully saturated rings. The number of halogens is 1. The number of carbonyl (C=O) groups is 1. The van der Waals surface area contributed by atoms with Crippen LogP contribution in [0.2, 0.25) is 0 Å². The summed E-state index contributed by atoms with van der Waals surface area (Å²) in [5.41, 5.74) is 3.79. The monoisotopic (exact) mass is 424 g/mol. The van der Waals surface area contributed by atoms with Crippen molar-refractivity contribution in [2.24, 2.45) is 5.92 Å². The molecule has 0 radical (unpaired) electrons. The van der Waals surface area contributed by atoms with Crippen molar-refractivity contribution in [2.75, 3.05) is 12.4 Å². The number of pyridine rings is 3. The zero-order valence-electron chi connectivity index (χ0n) is 17.7. The Bertz CT molecular complexity index is 1140. The van der Waals surface area contributed by atoms with Gasteiger partial charge in [0, 0.05) is 35.0 Å². The minimum Gasteiger partial charge on any atom is -0.481 e. The Balaban J connectivity index is 1.67. The van der Waals surface area contributed by atoms with Gasteiger partial charge in [-0.1, -0.05) is 13.3 Å². The fourth-order valence-electron chi connectivity index (χ4n) is 3.58. The van der Waals surface area contributed by atoms with Gasteiger partial charge in [-0.15, -0.1) is 0 Å². The molecule has 7 nitrogen and oxygen atoms in total. The number of aromatic nitrogens is 3. The number of hydrogen-bond acceptors (Lipinski definition) is 6. The van der Waals surface area contributed by atoms with Gasteiger partial charge in [-0.25, -0.2) is 14.4 Å². The lowest BCUT2D eigenvalue weighted by atomic mass is 10.00. The standard InChI is InChI=1S/C23H25FN4O3/c1-4-5-20(29)19-6-12(2)16(11-25-19)14-7-13-10-26-21(9-18(13)27-23(14)31-3)28-22(30)15-8-17(15)24/h6-7,9-11,15,17,20,29H,4-5,8H2,1-3H3,(H,26,28,30)/t15-,17+,20?/m0/s1. The molecule has 4 rings (SSSR count). The number of anilines is 1. The molecule has 0 bridgehead atoms. The molecule has 0 spiro atoms. The average molecular weight is 424 g/mol. The van der Waals surface area contributed by atoms with Gasteiger partial charge in [-0.3, -0.25) is 9.78 Å². The summed E-state index contributed by atoms with van der Waals surface area (Å²) >= 11 is 0. The molecule has 8 heteroatoms. The summed E-state index contributed by atoms with van der Waals surface area (Å²) in [6, 6.07) is 5.43. The maximum atomic E-state index is 13.1. The van der Waals surface area contributed by atoms with Crippen molar-refractivity contribution in [1.29, 1.82) is 0 Å². The van der Waals surface area contributed by atoms with E-state index in [9.17, 15) is 14.3 Å². The first-order chi connectivity index (χ1) is 14.9. The number of methoxy groups -OCH3 is 1. The van der Waals surface area contributed by atoms with Crippen molar-refractivity contribution in [1.82, 2.24) is 15.0 Å². The maximum Gasteiger partial charge on any atom is 0.231 e. The van der Waals surface area contributed by atoms with Crippen LogP contribution in [0.1, 0.15) is 43.5 Å². The van der Waals surface area contributed by atoms with Crippen LogP contribution < -0.4 is 10.1 Å². The number of ether oxygens (including phenoxy) is 1. The molecule has 1 unspecified atom stereocenters. The second kappa shape index (κ2) is 8.55.